The van der Waals surface area contributed by atoms with Gasteiger partial charge in [0.2, 0.25) is 5.95 Å². The molecule has 1 spiro atoms. The average Bonchev–Trinajstić information content (AvgIpc) is 3.23. The maximum atomic E-state index is 13.7. The smallest absolute Gasteiger partial charge is 0.257 e. The standard InChI is InChI=1S/C21H21F3N4O2/c1-12-16(24)11-25-20(26-12)27-6-4-21(5-7-27)19(29)28-17(2-3-18(28)30-21)13-8-14(22)10-15(23)9-13/h8-11,17-18H,2-7H2,1H3. The van der Waals surface area contributed by atoms with E-state index in [0.29, 0.717) is 50.3 Å². The van der Waals surface area contributed by atoms with Gasteiger partial charge in [-0.2, -0.15) is 0 Å². The molecule has 3 aliphatic heterocycles. The number of aromatic nitrogens is 2. The van der Waals surface area contributed by atoms with Gasteiger partial charge in [-0.1, -0.05) is 0 Å². The largest absolute Gasteiger partial charge is 0.342 e. The Labute approximate surface area is 171 Å². The van der Waals surface area contributed by atoms with Crippen LogP contribution in [0, 0.1) is 24.4 Å². The monoisotopic (exact) mass is 418 g/mol. The second-order valence-corrected chi connectivity index (χ2v) is 8.17. The molecule has 1 amide bonds. The van der Waals surface area contributed by atoms with E-state index in [4.69, 9.17) is 4.74 Å². The maximum absolute atomic E-state index is 13.7. The highest BCUT2D eigenvalue weighted by Gasteiger charge is 2.58. The Morgan fingerprint density at radius 1 is 1.10 bits per heavy atom. The number of aryl methyl sites for hydroxylation is 1. The lowest BCUT2D eigenvalue weighted by atomic mass is 9.89. The second-order valence-electron chi connectivity index (χ2n) is 8.17. The summed E-state index contributed by atoms with van der Waals surface area (Å²) in [7, 11) is 0. The molecule has 3 saturated heterocycles. The number of rotatable bonds is 2. The number of hydrogen-bond acceptors (Lipinski definition) is 5. The number of benzene rings is 1. The van der Waals surface area contributed by atoms with Crippen molar-refractivity contribution in [3.63, 3.8) is 0 Å². The Bertz CT molecular complexity index is 989. The van der Waals surface area contributed by atoms with Gasteiger partial charge in [0.15, 0.2) is 11.4 Å². The van der Waals surface area contributed by atoms with Crippen LogP contribution < -0.4 is 4.90 Å². The third-order valence-electron chi connectivity index (χ3n) is 6.35. The number of hydrogen-bond donors (Lipinski definition) is 0. The van der Waals surface area contributed by atoms with Gasteiger partial charge in [-0.05, 0) is 37.5 Å². The van der Waals surface area contributed by atoms with Crippen LogP contribution >= 0.6 is 0 Å². The van der Waals surface area contributed by atoms with Gasteiger partial charge < -0.3 is 14.5 Å². The zero-order valence-electron chi connectivity index (χ0n) is 16.4. The predicted molar refractivity (Wildman–Crippen MR) is 101 cm³/mol. The summed E-state index contributed by atoms with van der Waals surface area (Å²) in [6, 6.07) is 3.00. The molecule has 4 heterocycles. The fourth-order valence-electron chi connectivity index (χ4n) is 4.80. The van der Waals surface area contributed by atoms with Crippen molar-refractivity contribution in [2.75, 3.05) is 18.0 Å². The zero-order valence-corrected chi connectivity index (χ0v) is 16.4. The highest BCUT2D eigenvalue weighted by molar-refractivity contribution is 5.88. The van der Waals surface area contributed by atoms with Crippen LogP contribution in [0.5, 0.6) is 0 Å². The highest BCUT2D eigenvalue weighted by Crippen LogP contribution is 2.47. The topological polar surface area (TPSA) is 58.6 Å². The molecule has 9 heteroatoms. The molecule has 0 radical (unpaired) electrons. The summed E-state index contributed by atoms with van der Waals surface area (Å²) in [5.41, 5.74) is -0.211. The molecule has 2 unspecified atom stereocenters. The van der Waals surface area contributed by atoms with Gasteiger partial charge in [0.1, 0.15) is 17.9 Å². The summed E-state index contributed by atoms with van der Waals surface area (Å²) < 4.78 is 47.1. The van der Waals surface area contributed by atoms with Crippen molar-refractivity contribution in [1.82, 2.24) is 14.9 Å². The van der Waals surface area contributed by atoms with Crippen LogP contribution in [-0.2, 0) is 9.53 Å². The van der Waals surface area contributed by atoms with E-state index < -0.39 is 29.1 Å². The Morgan fingerprint density at radius 2 is 1.80 bits per heavy atom. The Hall–Kier alpha value is -2.68. The summed E-state index contributed by atoms with van der Waals surface area (Å²) >= 11 is 0. The molecule has 2 atom stereocenters. The number of halogens is 3. The number of nitrogens with zero attached hydrogens (tertiary/aromatic N) is 4. The summed E-state index contributed by atoms with van der Waals surface area (Å²) in [5, 5.41) is 0. The Morgan fingerprint density at radius 3 is 2.47 bits per heavy atom. The van der Waals surface area contributed by atoms with E-state index in [2.05, 4.69) is 9.97 Å². The maximum Gasteiger partial charge on any atom is 0.257 e. The van der Waals surface area contributed by atoms with E-state index in [1.54, 1.807) is 11.8 Å². The van der Waals surface area contributed by atoms with E-state index in [1.807, 2.05) is 4.90 Å². The van der Waals surface area contributed by atoms with Crippen LogP contribution in [0.2, 0.25) is 0 Å². The molecule has 0 N–H and O–H groups in total. The molecule has 5 rings (SSSR count). The molecule has 6 nitrogen and oxygen atoms in total. The molecular formula is C21H21F3N4O2. The number of carbonyl (C=O) groups is 1. The SMILES string of the molecule is Cc1nc(N2CCC3(CC2)OC2CCC(c4cc(F)cc(F)c4)N2C3=O)ncc1F. The van der Waals surface area contributed by atoms with Gasteiger partial charge in [-0.3, -0.25) is 4.79 Å². The fourth-order valence-corrected chi connectivity index (χ4v) is 4.80. The van der Waals surface area contributed by atoms with Gasteiger partial charge in [0, 0.05) is 32.0 Å². The first-order valence-electron chi connectivity index (χ1n) is 10.1. The Kier molecular flexibility index (Phi) is 4.46. The van der Waals surface area contributed by atoms with Crippen LogP contribution in [0.3, 0.4) is 0 Å². The van der Waals surface area contributed by atoms with E-state index in [0.717, 1.165) is 12.3 Å². The van der Waals surface area contributed by atoms with Gasteiger partial charge in [-0.15, -0.1) is 0 Å². The van der Waals surface area contributed by atoms with Gasteiger partial charge >= 0.3 is 0 Å². The number of ether oxygens (including phenoxy) is 1. The first kappa shape index (κ1) is 19.3. The van der Waals surface area contributed by atoms with E-state index in [-0.39, 0.29) is 17.8 Å². The molecule has 3 fully saturated rings. The lowest BCUT2D eigenvalue weighted by molar-refractivity contribution is -0.140. The number of piperidine rings is 1. The van der Waals surface area contributed by atoms with Crippen LogP contribution in [0.25, 0.3) is 0 Å². The second kappa shape index (κ2) is 6.94. The molecule has 1 aromatic heterocycles. The van der Waals surface area contributed by atoms with Gasteiger partial charge in [-0.25, -0.2) is 23.1 Å². The summed E-state index contributed by atoms with van der Waals surface area (Å²) in [4.78, 5) is 25.2. The number of anilines is 1. The summed E-state index contributed by atoms with van der Waals surface area (Å²) in [6.45, 7) is 2.58. The summed E-state index contributed by atoms with van der Waals surface area (Å²) in [5.74, 6) is -1.46. The van der Waals surface area contributed by atoms with Crippen LogP contribution in [0.15, 0.2) is 24.4 Å². The molecule has 0 aliphatic carbocycles. The first-order valence-corrected chi connectivity index (χ1v) is 10.1. The molecule has 3 aliphatic rings. The Balaban J connectivity index is 1.34. The van der Waals surface area contributed by atoms with Crippen molar-refractivity contribution in [3.8, 4) is 0 Å². The normalized spacial score (nSPS) is 25.3. The van der Waals surface area contributed by atoms with Crippen molar-refractivity contribution >= 4 is 11.9 Å². The predicted octanol–water partition coefficient (Wildman–Crippen LogP) is 3.26. The van der Waals surface area contributed by atoms with Crippen molar-refractivity contribution in [2.24, 2.45) is 0 Å². The van der Waals surface area contributed by atoms with Gasteiger partial charge in [0.25, 0.3) is 5.91 Å². The first-order chi connectivity index (χ1) is 14.4. The number of amides is 1. The number of fused-ring (bicyclic) bond motifs is 1. The van der Waals surface area contributed by atoms with Crippen LogP contribution in [0.1, 0.15) is 43.0 Å². The molecular weight excluding hydrogens is 397 g/mol. The molecule has 0 saturated carbocycles. The summed E-state index contributed by atoms with van der Waals surface area (Å²) in [6.07, 6.45) is 2.89. The van der Waals surface area contributed by atoms with Gasteiger partial charge in [0.05, 0.1) is 17.9 Å². The minimum Gasteiger partial charge on any atom is -0.342 e. The van der Waals surface area contributed by atoms with Crippen LogP contribution in [0.4, 0.5) is 19.1 Å². The quantitative estimate of drug-likeness (QED) is 0.749. The average molecular weight is 418 g/mol. The molecule has 2 aromatic rings. The van der Waals surface area contributed by atoms with Crippen molar-refractivity contribution in [3.05, 3.63) is 53.1 Å². The number of carbonyl (C=O) groups excluding carboxylic acids is 1. The molecule has 30 heavy (non-hydrogen) atoms. The highest BCUT2D eigenvalue weighted by atomic mass is 19.1. The third-order valence-corrected chi connectivity index (χ3v) is 6.35. The lowest BCUT2D eigenvalue weighted by Crippen LogP contribution is -2.50. The molecule has 0 bridgehead atoms. The van der Waals surface area contributed by atoms with Crippen molar-refractivity contribution in [1.29, 1.82) is 0 Å². The fraction of sp³-hybridized carbons (Fsp3) is 0.476. The minimum absolute atomic E-state index is 0.129. The minimum atomic E-state index is -0.944. The zero-order chi connectivity index (χ0) is 21.0. The van der Waals surface area contributed by atoms with Crippen LogP contribution in [-0.4, -0.2) is 45.7 Å². The molecule has 158 valence electrons. The molecule has 1 aromatic carbocycles. The van der Waals surface area contributed by atoms with E-state index in [9.17, 15) is 18.0 Å². The third kappa shape index (κ3) is 3.03. The van der Waals surface area contributed by atoms with E-state index >= 15 is 0 Å². The van der Waals surface area contributed by atoms with E-state index in [1.165, 1.54) is 12.1 Å². The lowest BCUT2D eigenvalue weighted by Gasteiger charge is -2.37. The van der Waals surface area contributed by atoms with Crippen molar-refractivity contribution < 1.29 is 22.7 Å². The van der Waals surface area contributed by atoms with Crippen molar-refractivity contribution in [2.45, 2.75) is 50.5 Å².